The fourth-order valence-electron chi connectivity index (χ4n) is 10.4. The zero-order valence-corrected chi connectivity index (χ0v) is 52.5. The largest absolute Gasteiger partial charge is 0.462 e. The number of hydrogen-bond donors (Lipinski definition) is 0. The Hall–Kier alpha value is -2.63. The van der Waals surface area contributed by atoms with Crippen molar-refractivity contribution in [3.05, 3.63) is 48.6 Å². The molecule has 6 nitrogen and oxygen atoms in total. The van der Waals surface area contributed by atoms with Gasteiger partial charge in [0.1, 0.15) is 13.2 Å². The summed E-state index contributed by atoms with van der Waals surface area (Å²) in [6.07, 6.45) is 84.6. The zero-order chi connectivity index (χ0) is 56.4. The summed E-state index contributed by atoms with van der Waals surface area (Å²) in [5.74, 6) is -0.854. The Labute approximate surface area is 486 Å². The van der Waals surface area contributed by atoms with Crippen LogP contribution in [0.3, 0.4) is 0 Å². The summed E-state index contributed by atoms with van der Waals surface area (Å²) >= 11 is 0. The molecule has 78 heavy (non-hydrogen) atoms. The van der Waals surface area contributed by atoms with E-state index in [0.29, 0.717) is 19.3 Å². The highest BCUT2D eigenvalue weighted by Gasteiger charge is 2.19. The summed E-state index contributed by atoms with van der Waals surface area (Å²) in [5.41, 5.74) is 0. The van der Waals surface area contributed by atoms with E-state index >= 15 is 0 Å². The second-order valence-electron chi connectivity index (χ2n) is 23.4. The first-order valence-corrected chi connectivity index (χ1v) is 34.6. The average Bonchev–Trinajstić information content (AvgIpc) is 3.44. The Kier molecular flexibility index (Phi) is 64.6. The molecule has 0 amide bonds. The SMILES string of the molecule is CC/C=C\C/C=C\C/C=C\C/C=C\CCCCCCCCCCCCCCC(=O)OC(COC(=O)CCCCCCCCC)COC(=O)CCCCCCCCCCCCCCCCCCCCCCCCCCCCCC. The first-order valence-electron chi connectivity index (χ1n) is 34.6. The Balaban J connectivity index is 4.03. The highest BCUT2D eigenvalue weighted by Crippen LogP contribution is 2.19. The van der Waals surface area contributed by atoms with Crippen molar-refractivity contribution >= 4 is 17.9 Å². The predicted octanol–water partition coefficient (Wildman–Crippen LogP) is 23.7. The molecule has 0 aromatic heterocycles. The molecule has 1 atom stereocenters. The van der Waals surface area contributed by atoms with Crippen LogP contribution in [-0.2, 0) is 28.6 Å². The van der Waals surface area contributed by atoms with Crippen molar-refractivity contribution in [2.45, 2.75) is 380 Å². The molecule has 0 aromatic rings. The summed E-state index contributed by atoms with van der Waals surface area (Å²) in [6, 6.07) is 0. The van der Waals surface area contributed by atoms with Gasteiger partial charge in [0.05, 0.1) is 0 Å². The Morgan fingerprint density at radius 1 is 0.269 bits per heavy atom. The molecule has 1 unspecified atom stereocenters. The molecule has 0 spiro atoms. The molecule has 0 aliphatic carbocycles. The molecule has 456 valence electrons. The number of carbonyl (C=O) groups is 3. The van der Waals surface area contributed by atoms with Crippen LogP contribution in [0.4, 0.5) is 0 Å². The molecule has 0 rings (SSSR count). The van der Waals surface area contributed by atoms with Crippen molar-refractivity contribution < 1.29 is 28.6 Å². The molecule has 6 heteroatoms. The molecular weight excluding hydrogens is 961 g/mol. The molecule has 0 heterocycles. The van der Waals surface area contributed by atoms with Crippen molar-refractivity contribution in [1.29, 1.82) is 0 Å². The van der Waals surface area contributed by atoms with E-state index in [-0.39, 0.29) is 31.1 Å². The maximum atomic E-state index is 12.9. The van der Waals surface area contributed by atoms with Crippen LogP contribution in [0.2, 0.25) is 0 Å². The topological polar surface area (TPSA) is 78.9 Å². The molecule has 0 aliphatic heterocycles. The van der Waals surface area contributed by atoms with E-state index in [1.165, 1.54) is 250 Å². The van der Waals surface area contributed by atoms with Gasteiger partial charge in [-0.2, -0.15) is 0 Å². The third-order valence-electron chi connectivity index (χ3n) is 15.6. The highest BCUT2D eigenvalue weighted by molar-refractivity contribution is 5.71. The number of hydrogen-bond acceptors (Lipinski definition) is 6. The highest BCUT2D eigenvalue weighted by atomic mass is 16.6. The summed E-state index contributed by atoms with van der Waals surface area (Å²) in [5, 5.41) is 0. The van der Waals surface area contributed by atoms with Crippen molar-refractivity contribution in [3.8, 4) is 0 Å². The van der Waals surface area contributed by atoms with Crippen molar-refractivity contribution in [1.82, 2.24) is 0 Å². The van der Waals surface area contributed by atoms with Gasteiger partial charge in [-0.15, -0.1) is 0 Å². The fourth-order valence-corrected chi connectivity index (χ4v) is 10.4. The smallest absolute Gasteiger partial charge is 0.306 e. The van der Waals surface area contributed by atoms with Gasteiger partial charge in [0.25, 0.3) is 0 Å². The molecule has 0 aliphatic rings. The lowest BCUT2D eigenvalue weighted by Crippen LogP contribution is -2.30. The maximum Gasteiger partial charge on any atom is 0.306 e. The monoisotopic (exact) mass is 1090 g/mol. The van der Waals surface area contributed by atoms with Gasteiger partial charge >= 0.3 is 17.9 Å². The van der Waals surface area contributed by atoms with Crippen LogP contribution in [0.5, 0.6) is 0 Å². The Morgan fingerprint density at radius 2 is 0.500 bits per heavy atom. The minimum atomic E-state index is -0.770. The van der Waals surface area contributed by atoms with E-state index in [9.17, 15) is 14.4 Å². The number of carbonyl (C=O) groups excluding carboxylic acids is 3. The van der Waals surface area contributed by atoms with Crippen LogP contribution in [0.15, 0.2) is 48.6 Å². The fraction of sp³-hybridized carbons (Fsp3) is 0.847. The lowest BCUT2D eigenvalue weighted by Gasteiger charge is -2.18. The lowest BCUT2D eigenvalue weighted by atomic mass is 10.0. The molecule has 0 aromatic carbocycles. The molecule has 0 saturated carbocycles. The van der Waals surface area contributed by atoms with Gasteiger partial charge in [-0.3, -0.25) is 14.4 Å². The van der Waals surface area contributed by atoms with E-state index in [1.807, 2.05) is 0 Å². The summed E-state index contributed by atoms with van der Waals surface area (Å²) in [4.78, 5) is 38.2. The Morgan fingerprint density at radius 3 is 0.782 bits per heavy atom. The van der Waals surface area contributed by atoms with E-state index in [2.05, 4.69) is 69.4 Å². The first kappa shape index (κ1) is 75.4. The predicted molar refractivity (Wildman–Crippen MR) is 339 cm³/mol. The second-order valence-corrected chi connectivity index (χ2v) is 23.4. The van der Waals surface area contributed by atoms with Gasteiger partial charge in [-0.05, 0) is 57.8 Å². The number of ether oxygens (including phenoxy) is 3. The van der Waals surface area contributed by atoms with Gasteiger partial charge in [-0.1, -0.05) is 345 Å². The number of rotatable bonds is 64. The average molecular weight is 1090 g/mol. The van der Waals surface area contributed by atoms with Crippen LogP contribution >= 0.6 is 0 Å². The van der Waals surface area contributed by atoms with Gasteiger partial charge in [0, 0.05) is 19.3 Å². The minimum Gasteiger partial charge on any atom is -0.462 e. The first-order chi connectivity index (χ1) is 38.5. The molecule has 0 bridgehead atoms. The standard InChI is InChI=1S/C72H132O6/c1-4-7-10-13-16-18-20-22-24-26-28-30-32-34-35-36-38-39-41-43-45-47-49-51-53-56-59-62-65-71(74)77-68-69(67-76-70(73)64-61-58-55-15-12-9-6-3)78-72(75)66-63-60-57-54-52-50-48-46-44-42-40-37-33-31-29-27-25-23-21-19-17-14-11-8-5-2/h8,11,17,19,23,25,29,31,69H,4-7,9-10,12-16,18,20-22,24,26-28,30,32-68H2,1-3H3/b11-8-,19-17-,25-23-,31-29-. The molecule has 0 fully saturated rings. The summed E-state index contributed by atoms with van der Waals surface area (Å²) < 4.78 is 16.9. The number of unbranched alkanes of at least 4 members (excludes halogenated alkanes) is 45. The van der Waals surface area contributed by atoms with Gasteiger partial charge in [0.15, 0.2) is 6.10 Å². The molecular formula is C72H132O6. The van der Waals surface area contributed by atoms with Crippen LogP contribution < -0.4 is 0 Å². The molecule has 0 saturated heterocycles. The molecule has 0 radical (unpaired) electrons. The summed E-state index contributed by atoms with van der Waals surface area (Å²) in [6.45, 7) is 6.55. The number of allylic oxidation sites excluding steroid dienone is 8. The lowest BCUT2D eigenvalue weighted by molar-refractivity contribution is -0.167. The quantitative estimate of drug-likeness (QED) is 0.0261. The van der Waals surface area contributed by atoms with E-state index < -0.39 is 6.10 Å². The summed E-state index contributed by atoms with van der Waals surface area (Å²) in [7, 11) is 0. The van der Waals surface area contributed by atoms with Gasteiger partial charge in [0.2, 0.25) is 0 Å². The normalized spacial score (nSPS) is 12.3. The van der Waals surface area contributed by atoms with Crippen molar-refractivity contribution in [2.24, 2.45) is 0 Å². The maximum absolute atomic E-state index is 12.9. The van der Waals surface area contributed by atoms with E-state index in [0.717, 1.165) is 83.5 Å². The molecule has 0 N–H and O–H groups in total. The third-order valence-corrected chi connectivity index (χ3v) is 15.6. The van der Waals surface area contributed by atoms with E-state index in [4.69, 9.17) is 14.2 Å². The third kappa shape index (κ3) is 64.2. The minimum absolute atomic E-state index is 0.0686. The van der Waals surface area contributed by atoms with Crippen LogP contribution in [-0.4, -0.2) is 37.2 Å². The van der Waals surface area contributed by atoms with Crippen LogP contribution in [0.25, 0.3) is 0 Å². The van der Waals surface area contributed by atoms with Crippen molar-refractivity contribution in [2.75, 3.05) is 13.2 Å². The van der Waals surface area contributed by atoms with E-state index in [1.54, 1.807) is 0 Å². The van der Waals surface area contributed by atoms with Gasteiger partial charge in [-0.25, -0.2) is 0 Å². The van der Waals surface area contributed by atoms with Crippen LogP contribution in [0.1, 0.15) is 374 Å². The second kappa shape index (κ2) is 66.9. The van der Waals surface area contributed by atoms with Gasteiger partial charge < -0.3 is 14.2 Å². The number of esters is 3. The zero-order valence-electron chi connectivity index (χ0n) is 52.5. The van der Waals surface area contributed by atoms with Crippen LogP contribution in [0, 0.1) is 0 Å². The Bertz CT molecular complexity index is 1350. The van der Waals surface area contributed by atoms with Crippen molar-refractivity contribution in [3.63, 3.8) is 0 Å².